The summed E-state index contributed by atoms with van der Waals surface area (Å²) in [4.78, 5) is 0. The Balaban J connectivity index is 2.22. The van der Waals surface area contributed by atoms with Crippen molar-refractivity contribution >= 4 is 0 Å². The van der Waals surface area contributed by atoms with Crippen molar-refractivity contribution < 1.29 is 4.74 Å². The van der Waals surface area contributed by atoms with E-state index in [-0.39, 0.29) is 0 Å². The van der Waals surface area contributed by atoms with Crippen molar-refractivity contribution in [2.75, 3.05) is 6.61 Å². The molecule has 2 atom stereocenters. The fourth-order valence-electron chi connectivity index (χ4n) is 2.18. The van der Waals surface area contributed by atoms with Crippen LogP contribution in [0.1, 0.15) is 30.9 Å². The predicted octanol–water partition coefficient (Wildman–Crippen LogP) is 2.75. The molecular weight excluding hydrogens is 160 g/mol. The maximum absolute atomic E-state index is 5.70. The fraction of sp³-hybridized carbons (Fsp3) is 0.500. The first kappa shape index (κ1) is 8.76. The summed E-state index contributed by atoms with van der Waals surface area (Å²) in [5, 5.41) is 0. The van der Waals surface area contributed by atoms with Gasteiger partial charge in [-0.2, -0.15) is 0 Å². The van der Waals surface area contributed by atoms with Crippen LogP contribution in [0.25, 0.3) is 0 Å². The minimum Gasteiger partial charge on any atom is -0.378 e. The monoisotopic (exact) mass is 176 g/mol. The van der Waals surface area contributed by atoms with Gasteiger partial charge in [-0.3, -0.25) is 0 Å². The Morgan fingerprint density at radius 2 is 2.15 bits per heavy atom. The molecule has 0 amide bonds. The van der Waals surface area contributed by atoms with E-state index in [0.29, 0.717) is 12.0 Å². The normalized spacial score (nSPS) is 26.0. The third-order valence-corrected chi connectivity index (χ3v) is 2.91. The van der Waals surface area contributed by atoms with Gasteiger partial charge in [0, 0.05) is 12.5 Å². The van der Waals surface area contributed by atoms with E-state index in [4.69, 9.17) is 4.74 Å². The van der Waals surface area contributed by atoms with E-state index < -0.39 is 0 Å². The predicted molar refractivity (Wildman–Crippen MR) is 54.0 cm³/mol. The molecule has 1 aliphatic rings. The lowest BCUT2D eigenvalue weighted by Gasteiger charge is -2.15. The van der Waals surface area contributed by atoms with Gasteiger partial charge >= 0.3 is 0 Å². The van der Waals surface area contributed by atoms with Crippen LogP contribution in [-0.2, 0) is 11.2 Å². The Morgan fingerprint density at radius 1 is 1.38 bits per heavy atom. The molecule has 1 nitrogen and oxygen atoms in total. The summed E-state index contributed by atoms with van der Waals surface area (Å²) in [5.41, 5.74) is 2.94. The lowest BCUT2D eigenvalue weighted by molar-refractivity contribution is 0.0555. The summed E-state index contributed by atoms with van der Waals surface area (Å²) >= 11 is 0. The van der Waals surface area contributed by atoms with E-state index in [1.807, 2.05) is 0 Å². The first-order valence-electron chi connectivity index (χ1n) is 5.02. The molecule has 0 heterocycles. The smallest absolute Gasteiger partial charge is 0.0681 e. The highest BCUT2D eigenvalue weighted by molar-refractivity contribution is 5.36. The molecule has 0 aliphatic heterocycles. The standard InChI is InChI=1S/C12H16O/c1-3-13-12-8-10-6-4-5-7-11(10)9(12)2/h4-7,9,12H,3,8H2,1-2H3/t9-,12-/m1/s1. The third-order valence-electron chi connectivity index (χ3n) is 2.91. The molecule has 0 saturated heterocycles. The van der Waals surface area contributed by atoms with Gasteiger partial charge in [-0.05, 0) is 24.5 Å². The van der Waals surface area contributed by atoms with Gasteiger partial charge in [0.05, 0.1) is 6.10 Å². The lowest BCUT2D eigenvalue weighted by atomic mass is 10.0. The van der Waals surface area contributed by atoms with Crippen molar-refractivity contribution in [3.8, 4) is 0 Å². The summed E-state index contributed by atoms with van der Waals surface area (Å²) < 4.78 is 5.70. The second-order valence-electron chi connectivity index (χ2n) is 3.69. The van der Waals surface area contributed by atoms with Crippen molar-refractivity contribution in [1.29, 1.82) is 0 Å². The molecule has 0 bridgehead atoms. The van der Waals surface area contributed by atoms with Crippen LogP contribution in [0.4, 0.5) is 0 Å². The topological polar surface area (TPSA) is 9.23 Å². The number of hydrogen-bond donors (Lipinski definition) is 0. The Bertz CT molecular complexity index is 293. The van der Waals surface area contributed by atoms with E-state index in [2.05, 4.69) is 38.1 Å². The summed E-state index contributed by atoms with van der Waals surface area (Å²) in [6, 6.07) is 8.66. The Morgan fingerprint density at radius 3 is 2.85 bits per heavy atom. The summed E-state index contributed by atoms with van der Waals surface area (Å²) in [6.07, 6.45) is 1.49. The van der Waals surface area contributed by atoms with E-state index in [0.717, 1.165) is 13.0 Å². The first-order valence-corrected chi connectivity index (χ1v) is 5.02. The van der Waals surface area contributed by atoms with E-state index >= 15 is 0 Å². The molecule has 1 heteroatoms. The van der Waals surface area contributed by atoms with Crippen molar-refractivity contribution in [2.24, 2.45) is 0 Å². The molecule has 70 valence electrons. The van der Waals surface area contributed by atoms with Crippen LogP contribution in [0, 0.1) is 0 Å². The van der Waals surface area contributed by atoms with Gasteiger partial charge in [0.2, 0.25) is 0 Å². The summed E-state index contributed by atoms with van der Waals surface area (Å²) in [7, 11) is 0. The summed E-state index contributed by atoms with van der Waals surface area (Å²) in [6.45, 7) is 5.14. The number of benzene rings is 1. The Labute approximate surface area is 79.7 Å². The molecular formula is C12H16O. The summed E-state index contributed by atoms with van der Waals surface area (Å²) in [5.74, 6) is 0.566. The Kier molecular flexibility index (Phi) is 2.36. The van der Waals surface area contributed by atoms with E-state index in [1.165, 1.54) is 11.1 Å². The molecule has 0 fully saturated rings. The zero-order chi connectivity index (χ0) is 9.26. The van der Waals surface area contributed by atoms with Gasteiger partial charge in [0.1, 0.15) is 0 Å². The SMILES string of the molecule is CCO[C@@H]1Cc2ccccc2[C@H]1C. The zero-order valence-corrected chi connectivity index (χ0v) is 8.29. The van der Waals surface area contributed by atoms with Gasteiger partial charge in [0.15, 0.2) is 0 Å². The number of fused-ring (bicyclic) bond motifs is 1. The van der Waals surface area contributed by atoms with Crippen LogP contribution in [0.3, 0.4) is 0 Å². The molecule has 0 radical (unpaired) electrons. The molecule has 2 rings (SSSR count). The molecule has 0 aromatic heterocycles. The van der Waals surface area contributed by atoms with Crippen molar-refractivity contribution in [1.82, 2.24) is 0 Å². The molecule has 1 aromatic carbocycles. The zero-order valence-electron chi connectivity index (χ0n) is 8.29. The number of hydrogen-bond acceptors (Lipinski definition) is 1. The van der Waals surface area contributed by atoms with E-state index in [1.54, 1.807) is 0 Å². The van der Waals surface area contributed by atoms with Gasteiger partial charge in [-0.25, -0.2) is 0 Å². The molecule has 0 unspecified atom stereocenters. The van der Waals surface area contributed by atoms with Gasteiger partial charge in [0.25, 0.3) is 0 Å². The second kappa shape index (κ2) is 3.51. The van der Waals surface area contributed by atoms with E-state index in [9.17, 15) is 0 Å². The van der Waals surface area contributed by atoms with Crippen molar-refractivity contribution in [2.45, 2.75) is 32.3 Å². The fourth-order valence-corrected chi connectivity index (χ4v) is 2.18. The van der Waals surface area contributed by atoms with Crippen LogP contribution in [0.2, 0.25) is 0 Å². The van der Waals surface area contributed by atoms with Crippen LogP contribution in [-0.4, -0.2) is 12.7 Å². The second-order valence-corrected chi connectivity index (χ2v) is 3.69. The molecule has 1 aromatic rings. The quantitative estimate of drug-likeness (QED) is 0.673. The average molecular weight is 176 g/mol. The highest BCUT2D eigenvalue weighted by atomic mass is 16.5. The Hall–Kier alpha value is -0.820. The molecule has 0 spiro atoms. The maximum atomic E-state index is 5.70. The third kappa shape index (κ3) is 1.49. The van der Waals surface area contributed by atoms with Crippen LogP contribution < -0.4 is 0 Å². The number of rotatable bonds is 2. The highest BCUT2D eigenvalue weighted by Crippen LogP contribution is 2.34. The first-order chi connectivity index (χ1) is 6.33. The lowest BCUT2D eigenvalue weighted by Crippen LogP contribution is -2.16. The minimum absolute atomic E-state index is 0.405. The van der Waals surface area contributed by atoms with Gasteiger partial charge < -0.3 is 4.74 Å². The largest absolute Gasteiger partial charge is 0.378 e. The molecule has 13 heavy (non-hydrogen) atoms. The highest BCUT2D eigenvalue weighted by Gasteiger charge is 2.28. The minimum atomic E-state index is 0.405. The molecule has 1 aliphatic carbocycles. The van der Waals surface area contributed by atoms with Crippen molar-refractivity contribution in [3.05, 3.63) is 35.4 Å². The van der Waals surface area contributed by atoms with Gasteiger partial charge in [-0.15, -0.1) is 0 Å². The molecule has 0 N–H and O–H groups in total. The van der Waals surface area contributed by atoms with Crippen LogP contribution in [0.5, 0.6) is 0 Å². The maximum Gasteiger partial charge on any atom is 0.0681 e. The van der Waals surface area contributed by atoms with Crippen LogP contribution in [0.15, 0.2) is 24.3 Å². The number of ether oxygens (including phenoxy) is 1. The average Bonchev–Trinajstić information content (AvgIpc) is 2.46. The molecule has 0 saturated carbocycles. The van der Waals surface area contributed by atoms with Gasteiger partial charge in [-0.1, -0.05) is 31.2 Å². The van der Waals surface area contributed by atoms with Crippen LogP contribution >= 0.6 is 0 Å². The van der Waals surface area contributed by atoms with Crippen molar-refractivity contribution in [3.63, 3.8) is 0 Å².